The fraction of sp³-hybridized carbons (Fsp3) is 0.357. The number of rotatable bonds is 2. The molecule has 0 spiro atoms. The molecular weight excluding hydrogens is 228 g/mol. The molecule has 0 atom stereocenters. The van der Waals surface area contributed by atoms with E-state index in [-0.39, 0.29) is 11.8 Å². The molecule has 0 saturated heterocycles. The molecule has 0 bridgehead atoms. The number of aromatic hydroxyl groups is 1. The second-order valence-electron chi connectivity index (χ2n) is 4.48. The Morgan fingerprint density at radius 2 is 1.89 bits per heavy atom. The van der Waals surface area contributed by atoms with Crippen LogP contribution in [0.3, 0.4) is 0 Å². The van der Waals surface area contributed by atoms with Gasteiger partial charge in [-0.1, -0.05) is 24.1 Å². The monoisotopic (exact) mass is 246 g/mol. The quantitative estimate of drug-likeness (QED) is 0.701. The summed E-state index contributed by atoms with van der Waals surface area (Å²) >= 11 is 0. The van der Waals surface area contributed by atoms with Crippen molar-refractivity contribution in [2.45, 2.75) is 32.1 Å². The van der Waals surface area contributed by atoms with E-state index in [2.05, 4.69) is 10.6 Å². The molecule has 96 valence electrons. The molecule has 2 amide bonds. The van der Waals surface area contributed by atoms with Crippen LogP contribution in [0.25, 0.3) is 0 Å². The van der Waals surface area contributed by atoms with Crippen LogP contribution in [-0.2, 0) is 0 Å². The molecule has 4 nitrogen and oxygen atoms in total. The number of urea groups is 1. The molecule has 1 aliphatic carbocycles. The molecule has 1 aromatic rings. The van der Waals surface area contributed by atoms with Crippen LogP contribution >= 0.6 is 0 Å². The van der Waals surface area contributed by atoms with Crippen molar-refractivity contribution in [3.63, 3.8) is 0 Å². The Bertz CT molecular complexity index is 447. The van der Waals surface area contributed by atoms with Crippen molar-refractivity contribution in [3.8, 4) is 5.75 Å². The highest BCUT2D eigenvalue weighted by Gasteiger charge is 2.07. The molecule has 18 heavy (non-hydrogen) atoms. The van der Waals surface area contributed by atoms with Crippen LogP contribution in [0.4, 0.5) is 10.5 Å². The van der Waals surface area contributed by atoms with Gasteiger partial charge in [-0.2, -0.15) is 0 Å². The van der Waals surface area contributed by atoms with Crippen LogP contribution in [0.5, 0.6) is 5.75 Å². The second-order valence-corrected chi connectivity index (χ2v) is 4.48. The molecule has 0 radical (unpaired) electrons. The first-order valence-electron chi connectivity index (χ1n) is 6.29. The lowest BCUT2D eigenvalue weighted by atomic mass is 9.96. The van der Waals surface area contributed by atoms with Gasteiger partial charge in [-0.15, -0.1) is 0 Å². The zero-order valence-electron chi connectivity index (χ0n) is 10.3. The minimum atomic E-state index is -0.324. The number of carbonyl (C=O) groups excluding carboxylic acids is 1. The molecule has 0 aromatic heterocycles. The molecule has 1 aliphatic rings. The number of benzene rings is 1. The first-order chi connectivity index (χ1) is 8.75. The molecular formula is C14H18N2O2. The molecule has 4 heteroatoms. The summed E-state index contributed by atoms with van der Waals surface area (Å²) in [7, 11) is 0. The third kappa shape index (κ3) is 3.52. The van der Waals surface area contributed by atoms with Crippen molar-refractivity contribution in [3.05, 3.63) is 36.0 Å². The van der Waals surface area contributed by atoms with Gasteiger partial charge in [0.25, 0.3) is 0 Å². The average Bonchev–Trinajstić information content (AvgIpc) is 2.40. The lowest BCUT2D eigenvalue weighted by molar-refractivity contribution is 0.255. The maximum Gasteiger partial charge on any atom is 0.323 e. The molecule has 0 aliphatic heterocycles. The van der Waals surface area contributed by atoms with Crippen LogP contribution in [0.15, 0.2) is 36.0 Å². The van der Waals surface area contributed by atoms with Crippen LogP contribution in [-0.4, -0.2) is 11.1 Å². The number of hydrogen-bond acceptors (Lipinski definition) is 2. The van der Waals surface area contributed by atoms with E-state index >= 15 is 0 Å². The second kappa shape index (κ2) is 6.10. The highest BCUT2D eigenvalue weighted by molar-refractivity contribution is 5.91. The minimum Gasteiger partial charge on any atom is -0.506 e. The number of nitrogens with one attached hydrogen (secondary N) is 2. The van der Waals surface area contributed by atoms with Gasteiger partial charge in [-0.05, 0) is 37.8 Å². The third-order valence-corrected chi connectivity index (χ3v) is 3.06. The largest absolute Gasteiger partial charge is 0.506 e. The average molecular weight is 246 g/mol. The smallest absolute Gasteiger partial charge is 0.323 e. The predicted molar refractivity (Wildman–Crippen MR) is 71.4 cm³/mol. The van der Waals surface area contributed by atoms with E-state index in [0.717, 1.165) is 12.8 Å². The maximum absolute atomic E-state index is 11.6. The first kappa shape index (κ1) is 12.5. The summed E-state index contributed by atoms with van der Waals surface area (Å²) in [5.74, 6) is 0.0676. The van der Waals surface area contributed by atoms with Crippen LogP contribution in [0.2, 0.25) is 0 Å². The summed E-state index contributed by atoms with van der Waals surface area (Å²) in [5, 5.41) is 14.8. The Hall–Kier alpha value is -1.97. The zero-order chi connectivity index (χ0) is 12.8. The van der Waals surface area contributed by atoms with E-state index in [0.29, 0.717) is 5.69 Å². The van der Waals surface area contributed by atoms with Gasteiger partial charge < -0.3 is 15.7 Å². The summed E-state index contributed by atoms with van der Waals surface area (Å²) in [6, 6.07) is 6.34. The van der Waals surface area contributed by atoms with E-state index in [1.54, 1.807) is 24.4 Å². The summed E-state index contributed by atoms with van der Waals surface area (Å²) in [4.78, 5) is 11.6. The molecule has 0 heterocycles. The number of anilines is 1. The number of hydrogen-bond donors (Lipinski definition) is 3. The number of allylic oxidation sites excluding steroid dienone is 1. The lowest BCUT2D eigenvalue weighted by Gasteiger charge is -2.13. The van der Waals surface area contributed by atoms with Crippen molar-refractivity contribution in [1.29, 1.82) is 0 Å². The topological polar surface area (TPSA) is 61.4 Å². The number of para-hydroxylation sites is 2. The van der Waals surface area contributed by atoms with E-state index in [1.807, 2.05) is 0 Å². The van der Waals surface area contributed by atoms with E-state index < -0.39 is 0 Å². The normalized spacial score (nSPS) is 15.0. The summed E-state index contributed by atoms with van der Waals surface area (Å²) < 4.78 is 0. The van der Waals surface area contributed by atoms with Gasteiger partial charge in [0.2, 0.25) is 0 Å². The number of phenols is 1. The Labute approximate surface area is 107 Å². The fourth-order valence-corrected chi connectivity index (χ4v) is 2.06. The fourth-order valence-electron chi connectivity index (χ4n) is 2.06. The van der Waals surface area contributed by atoms with Gasteiger partial charge >= 0.3 is 6.03 Å². The molecule has 2 rings (SSSR count). The van der Waals surface area contributed by atoms with Crippen molar-refractivity contribution in [1.82, 2.24) is 5.32 Å². The molecule has 0 unspecified atom stereocenters. The SMILES string of the molecule is O=C(NC=C1CCCCC1)Nc1ccccc1O. The summed E-state index contributed by atoms with van der Waals surface area (Å²) in [5.41, 5.74) is 1.70. The van der Waals surface area contributed by atoms with E-state index in [4.69, 9.17) is 0 Å². The van der Waals surface area contributed by atoms with Gasteiger partial charge in [0.15, 0.2) is 0 Å². The van der Waals surface area contributed by atoms with Gasteiger partial charge in [0.05, 0.1) is 5.69 Å². The number of amides is 2. The Morgan fingerprint density at radius 3 is 2.61 bits per heavy atom. The Morgan fingerprint density at radius 1 is 1.17 bits per heavy atom. The summed E-state index contributed by atoms with van der Waals surface area (Å²) in [6.45, 7) is 0. The lowest BCUT2D eigenvalue weighted by Crippen LogP contribution is -2.24. The molecule has 3 N–H and O–H groups in total. The highest BCUT2D eigenvalue weighted by atomic mass is 16.3. The van der Waals surface area contributed by atoms with Gasteiger partial charge in [-0.3, -0.25) is 0 Å². The van der Waals surface area contributed by atoms with Crippen molar-refractivity contribution >= 4 is 11.7 Å². The van der Waals surface area contributed by atoms with E-state index in [9.17, 15) is 9.90 Å². The standard InChI is InChI=1S/C14H18N2O2/c17-13-9-5-4-8-12(13)16-14(18)15-10-11-6-2-1-3-7-11/h4-5,8-10,17H,1-3,6-7H2,(H2,15,16,18). The van der Waals surface area contributed by atoms with Crippen molar-refractivity contribution < 1.29 is 9.90 Å². The highest BCUT2D eigenvalue weighted by Crippen LogP contribution is 2.22. The number of phenolic OH excluding ortho intramolecular Hbond substituents is 1. The Balaban J connectivity index is 1.87. The van der Waals surface area contributed by atoms with Crippen molar-refractivity contribution in [2.24, 2.45) is 0 Å². The third-order valence-electron chi connectivity index (χ3n) is 3.06. The first-order valence-corrected chi connectivity index (χ1v) is 6.29. The van der Waals surface area contributed by atoms with E-state index in [1.165, 1.54) is 30.9 Å². The molecule has 1 saturated carbocycles. The van der Waals surface area contributed by atoms with Crippen LogP contribution in [0.1, 0.15) is 32.1 Å². The molecule has 1 aromatic carbocycles. The van der Waals surface area contributed by atoms with Crippen LogP contribution < -0.4 is 10.6 Å². The van der Waals surface area contributed by atoms with Gasteiger partial charge in [0, 0.05) is 6.20 Å². The summed E-state index contributed by atoms with van der Waals surface area (Å²) in [6.07, 6.45) is 7.60. The zero-order valence-corrected chi connectivity index (χ0v) is 10.3. The molecule has 1 fully saturated rings. The Kier molecular flexibility index (Phi) is 4.23. The predicted octanol–water partition coefficient (Wildman–Crippen LogP) is 3.36. The van der Waals surface area contributed by atoms with Crippen molar-refractivity contribution in [2.75, 3.05) is 5.32 Å². The van der Waals surface area contributed by atoms with Crippen LogP contribution in [0, 0.1) is 0 Å². The number of carbonyl (C=O) groups is 1. The van der Waals surface area contributed by atoms with Gasteiger partial charge in [-0.25, -0.2) is 4.79 Å². The minimum absolute atomic E-state index is 0.0676. The van der Waals surface area contributed by atoms with Gasteiger partial charge in [0.1, 0.15) is 5.75 Å². The maximum atomic E-state index is 11.6.